The van der Waals surface area contributed by atoms with Crippen LogP contribution >= 0.6 is 0 Å². The van der Waals surface area contributed by atoms with Gasteiger partial charge in [-0.25, -0.2) is 8.42 Å². The molecule has 5 nitrogen and oxygen atoms in total. The Hall–Kier alpha value is -0.170. The SMILES string of the molecule is CC(C)(C)OCC(O)CNCC1CCCS1(=O)=O. The lowest BCUT2D eigenvalue weighted by Gasteiger charge is -2.22. The molecular formula is C12H25NO4S. The number of ether oxygens (including phenoxy) is 1. The van der Waals surface area contributed by atoms with Gasteiger partial charge in [0.15, 0.2) is 9.84 Å². The third-order valence-electron chi connectivity index (χ3n) is 2.92. The van der Waals surface area contributed by atoms with E-state index in [0.29, 0.717) is 18.8 Å². The van der Waals surface area contributed by atoms with E-state index >= 15 is 0 Å². The molecular weight excluding hydrogens is 254 g/mol. The zero-order chi connectivity index (χ0) is 13.8. The van der Waals surface area contributed by atoms with Crippen LogP contribution in [0.1, 0.15) is 33.6 Å². The molecule has 0 bridgehead atoms. The van der Waals surface area contributed by atoms with Gasteiger partial charge in [-0.1, -0.05) is 0 Å². The van der Waals surface area contributed by atoms with Crippen LogP contribution in [0.15, 0.2) is 0 Å². The van der Waals surface area contributed by atoms with Crippen molar-refractivity contribution in [2.75, 3.05) is 25.4 Å². The molecule has 1 aliphatic heterocycles. The molecule has 0 aromatic carbocycles. The number of aliphatic hydroxyl groups excluding tert-OH is 1. The zero-order valence-electron chi connectivity index (χ0n) is 11.5. The van der Waals surface area contributed by atoms with Crippen molar-refractivity contribution in [3.05, 3.63) is 0 Å². The van der Waals surface area contributed by atoms with E-state index in [2.05, 4.69) is 5.32 Å². The summed E-state index contributed by atoms with van der Waals surface area (Å²) < 4.78 is 28.6. The van der Waals surface area contributed by atoms with Gasteiger partial charge in [-0.3, -0.25) is 0 Å². The molecule has 1 rings (SSSR count). The van der Waals surface area contributed by atoms with Crippen LogP contribution < -0.4 is 5.32 Å². The Labute approximate surface area is 110 Å². The number of rotatable bonds is 6. The normalized spacial score (nSPS) is 25.2. The van der Waals surface area contributed by atoms with Gasteiger partial charge in [0.1, 0.15) is 0 Å². The van der Waals surface area contributed by atoms with E-state index in [0.717, 1.165) is 12.8 Å². The Morgan fingerprint density at radius 3 is 2.61 bits per heavy atom. The average molecular weight is 279 g/mol. The van der Waals surface area contributed by atoms with E-state index in [1.165, 1.54) is 0 Å². The second kappa shape index (κ2) is 6.32. The molecule has 0 radical (unpaired) electrons. The van der Waals surface area contributed by atoms with Crippen LogP contribution in [0.5, 0.6) is 0 Å². The molecule has 2 unspecified atom stereocenters. The van der Waals surface area contributed by atoms with Gasteiger partial charge in [-0.2, -0.15) is 0 Å². The Balaban J connectivity index is 2.18. The summed E-state index contributed by atoms with van der Waals surface area (Å²) in [6.07, 6.45) is 0.877. The highest BCUT2D eigenvalue weighted by Gasteiger charge is 2.30. The molecule has 0 aliphatic carbocycles. The summed E-state index contributed by atoms with van der Waals surface area (Å²) in [5, 5.41) is 12.4. The van der Waals surface area contributed by atoms with Gasteiger partial charge >= 0.3 is 0 Å². The average Bonchev–Trinajstić information content (AvgIpc) is 2.54. The van der Waals surface area contributed by atoms with Gasteiger partial charge in [0.05, 0.1) is 29.3 Å². The summed E-state index contributed by atoms with van der Waals surface area (Å²) in [5.74, 6) is 0.301. The van der Waals surface area contributed by atoms with E-state index in [1.807, 2.05) is 20.8 Å². The molecule has 18 heavy (non-hydrogen) atoms. The molecule has 2 N–H and O–H groups in total. The smallest absolute Gasteiger partial charge is 0.154 e. The van der Waals surface area contributed by atoms with Gasteiger partial charge in [-0.15, -0.1) is 0 Å². The predicted octanol–water partition coefficient (Wildman–Crippen LogP) is 0.329. The molecule has 0 spiro atoms. The standard InChI is InChI=1S/C12H25NO4S/c1-12(2,3)17-9-10(14)7-13-8-11-5-4-6-18(11,15)16/h10-11,13-14H,4-9H2,1-3H3. The second-order valence-electron chi connectivity index (χ2n) is 5.87. The first-order valence-corrected chi connectivity index (χ1v) is 8.16. The Morgan fingerprint density at radius 2 is 2.11 bits per heavy atom. The molecule has 1 heterocycles. The van der Waals surface area contributed by atoms with Crippen molar-refractivity contribution in [2.45, 2.75) is 50.6 Å². The molecule has 108 valence electrons. The van der Waals surface area contributed by atoms with Crippen molar-refractivity contribution in [1.29, 1.82) is 0 Å². The summed E-state index contributed by atoms with van der Waals surface area (Å²) in [4.78, 5) is 0. The van der Waals surface area contributed by atoms with Crippen LogP contribution in [-0.2, 0) is 14.6 Å². The molecule has 0 saturated carbocycles. The minimum atomic E-state index is -2.90. The Morgan fingerprint density at radius 1 is 1.44 bits per heavy atom. The Bertz CT molecular complexity index is 348. The monoisotopic (exact) mass is 279 g/mol. The summed E-state index contributed by atoms with van der Waals surface area (Å²) in [5.41, 5.74) is -0.268. The fraction of sp³-hybridized carbons (Fsp3) is 1.00. The second-order valence-corrected chi connectivity index (χ2v) is 8.27. The zero-order valence-corrected chi connectivity index (χ0v) is 12.3. The first-order chi connectivity index (χ1) is 8.21. The molecule has 0 amide bonds. The Kier molecular flexibility index (Phi) is 5.58. The quantitative estimate of drug-likeness (QED) is 0.733. The van der Waals surface area contributed by atoms with Crippen molar-refractivity contribution in [2.24, 2.45) is 0 Å². The minimum Gasteiger partial charge on any atom is -0.389 e. The van der Waals surface area contributed by atoms with Gasteiger partial charge in [0.2, 0.25) is 0 Å². The number of hydrogen-bond donors (Lipinski definition) is 2. The van der Waals surface area contributed by atoms with E-state index in [1.54, 1.807) is 0 Å². The van der Waals surface area contributed by atoms with Crippen LogP contribution in [-0.4, -0.2) is 55.9 Å². The van der Waals surface area contributed by atoms with Gasteiger partial charge in [0.25, 0.3) is 0 Å². The first kappa shape index (κ1) is 15.9. The van der Waals surface area contributed by atoms with Crippen LogP contribution in [0.4, 0.5) is 0 Å². The maximum Gasteiger partial charge on any atom is 0.154 e. The maximum atomic E-state index is 11.6. The third kappa shape index (κ3) is 5.65. The van der Waals surface area contributed by atoms with Crippen molar-refractivity contribution in [3.8, 4) is 0 Å². The fourth-order valence-corrected chi connectivity index (χ4v) is 3.70. The number of nitrogens with one attached hydrogen (secondary N) is 1. The molecule has 1 saturated heterocycles. The van der Waals surface area contributed by atoms with E-state index in [4.69, 9.17) is 4.74 Å². The van der Waals surface area contributed by atoms with E-state index < -0.39 is 15.9 Å². The summed E-state index contributed by atoms with van der Waals surface area (Å²) in [7, 11) is -2.90. The number of aliphatic hydroxyl groups is 1. The lowest BCUT2D eigenvalue weighted by molar-refractivity contribution is -0.0478. The molecule has 2 atom stereocenters. The minimum absolute atomic E-state index is 0.258. The summed E-state index contributed by atoms with van der Waals surface area (Å²) in [6.45, 7) is 6.83. The van der Waals surface area contributed by atoms with Crippen LogP contribution in [0.25, 0.3) is 0 Å². The van der Waals surface area contributed by atoms with Crippen molar-refractivity contribution < 1.29 is 18.3 Å². The van der Waals surface area contributed by atoms with E-state index in [9.17, 15) is 13.5 Å². The molecule has 0 aromatic heterocycles. The van der Waals surface area contributed by atoms with Crippen molar-refractivity contribution >= 4 is 9.84 Å². The van der Waals surface area contributed by atoms with Crippen LogP contribution in [0, 0.1) is 0 Å². The topological polar surface area (TPSA) is 75.6 Å². The predicted molar refractivity (Wildman–Crippen MR) is 71.4 cm³/mol. The van der Waals surface area contributed by atoms with Crippen LogP contribution in [0.3, 0.4) is 0 Å². The fourth-order valence-electron chi connectivity index (χ4n) is 1.90. The third-order valence-corrected chi connectivity index (χ3v) is 5.20. The first-order valence-electron chi connectivity index (χ1n) is 6.45. The van der Waals surface area contributed by atoms with Crippen molar-refractivity contribution in [3.63, 3.8) is 0 Å². The highest BCUT2D eigenvalue weighted by molar-refractivity contribution is 7.92. The van der Waals surface area contributed by atoms with Gasteiger partial charge in [-0.05, 0) is 33.6 Å². The molecule has 6 heteroatoms. The van der Waals surface area contributed by atoms with Gasteiger partial charge < -0.3 is 15.2 Å². The molecule has 1 fully saturated rings. The van der Waals surface area contributed by atoms with E-state index in [-0.39, 0.29) is 17.5 Å². The largest absolute Gasteiger partial charge is 0.389 e. The van der Waals surface area contributed by atoms with Gasteiger partial charge in [0, 0.05) is 13.1 Å². The number of hydrogen-bond acceptors (Lipinski definition) is 5. The van der Waals surface area contributed by atoms with Crippen LogP contribution in [0.2, 0.25) is 0 Å². The lowest BCUT2D eigenvalue weighted by Crippen LogP contribution is -2.38. The molecule has 0 aromatic rings. The summed E-state index contributed by atoms with van der Waals surface area (Å²) >= 11 is 0. The molecule has 1 aliphatic rings. The maximum absolute atomic E-state index is 11.6. The highest BCUT2D eigenvalue weighted by Crippen LogP contribution is 2.18. The highest BCUT2D eigenvalue weighted by atomic mass is 32.2. The van der Waals surface area contributed by atoms with Crippen molar-refractivity contribution in [1.82, 2.24) is 5.32 Å². The summed E-state index contributed by atoms with van der Waals surface area (Å²) in [6, 6.07) is 0. The number of sulfone groups is 1. The lowest BCUT2D eigenvalue weighted by atomic mass is 10.2.